The summed E-state index contributed by atoms with van der Waals surface area (Å²) in [6, 6.07) is 12.9. The number of fused-ring (bicyclic) bond motifs is 2. The lowest BCUT2D eigenvalue weighted by molar-refractivity contribution is -0.145. The highest BCUT2D eigenvalue weighted by Crippen LogP contribution is 2.59. The van der Waals surface area contributed by atoms with Gasteiger partial charge >= 0.3 is 0 Å². The zero-order valence-electron chi connectivity index (χ0n) is 23.2. The van der Waals surface area contributed by atoms with Crippen molar-refractivity contribution < 1.29 is 24.2 Å². The molecule has 2 unspecified atom stereocenters. The molecule has 2 bridgehead atoms. The Morgan fingerprint density at radius 3 is 2.58 bits per heavy atom. The van der Waals surface area contributed by atoms with Crippen LogP contribution in [0.5, 0.6) is 0 Å². The number of aliphatic hydroxyl groups excluding tert-OH is 1. The van der Waals surface area contributed by atoms with Gasteiger partial charge in [-0.1, -0.05) is 49.4 Å². The van der Waals surface area contributed by atoms with Gasteiger partial charge in [0.05, 0.1) is 17.9 Å². The Hall–Kier alpha value is -3.49. The second-order valence-corrected chi connectivity index (χ2v) is 11.0. The third-order valence-corrected chi connectivity index (χ3v) is 8.65. The van der Waals surface area contributed by atoms with Gasteiger partial charge in [-0.05, 0) is 48.6 Å². The highest BCUT2D eigenvalue weighted by molar-refractivity contribution is 6.05. The van der Waals surface area contributed by atoms with Crippen LogP contribution in [0.1, 0.15) is 32.6 Å². The van der Waals surface area contributed by atoms with Crippen LogP contribution in [-0.2, 0) is 19.1 Å². The van der Waals surface area contributed by atoms with Crippen molar-refractivity contribution >= 4 is 34.2 Å². The molecule has 1 N–H and O–H groups in total. The standard InChI is InChI=1S/C32H39N3O5/c1-4-16-33(17-5-2)29(37)26-25-14-15-32(40-25)27(26)30(38)35(19-9-20-36)28(32)31(39)34(18-6-3)24-13-12-22-10-7-8-11-23(22)21-24/h4,6-8,10-13,21,25-28,36H,1,3,5,9,14-20H2,2H3/t25-,26+,27+,28?,32?/m1/s1. The summed E-state index contributed by atoms with van der Waals surface area (Å²) in [6.07, 6.45) is 5.22. The average Bonchev–Trinajstić information content (AvgIpc) is 3.61. The molecule has 8 heteroatoms. The van der Waals surface area contributed by atoms with Crippen molar-refractivity contribution in [2.24, 2.45) is 11.8 Å². The molecule has 0 saturated carbocycles. The number of benzene rings is 2. The Balaban J connectivity index is 1.55. The van der Waals surface area contributed by atoms with Crippen LogP contribution in [0.2, 0.25) is 0 Å². The monoisotopic (exact) mass is 545 g/mol. The van der Waals surface area contributed by atoms with E-state index in [0.717, 1.165) is 17.2 Å². The quantitative estimate of drug-likeness (QED) is 0.412. The van der Waals surface area contributed by atoms with Crippen LogP contribution < -0.4 is 4.90 Å². The number of carbonyl (C=O) groups excluding carboxylic acids is 3. The van der Waals surface area contributed by atoms with Crippen molar-refractivity contribution in [3.05, 3.63) is 67.8 Å². The molecule has 5 rings (SSSR count). The van der Waals surface area contributed by atoms with E-state index < -0.39 is 29.6 Å². The Bertz CT molecular complexity index is 1310. The van der Waals surface area contributed by atoms with E-state index in [1.807, 2.05) is 49.4 Å². The molecule has 3 aliphatic rings. The van der Waals surface area contributed by atoms with Gasteiger partial charge in [0.15, 0.2) is 0 Å². The van der Waals surface area contributed by atoms with Crippen molar-refractivity contribution in [2.45, 2.75) is 50.4 Å². The van der Waals surface area contributed by atoms with Crippen molar-refractivity contribution in [3.63, 3.8) is 0 Å². The molecule has 3 heterocycles. The van der Waals surface area contributed by atoms with Gasteiger partial charge in [0, 0.05) is 38.5 Å². The van der Waals surface area contributed by atoms with E-state index in [9.17, 15) is 19.5 Å². The van der Waals surface area contributed by atoms with Crippen molar-refractivity contribution in [3.8, 4) is 0 Å². The van der Waals surface area contributed by atoms with Gasteiger partial charge in [-0.15, -0.1) is 13.2 Å². The molecule has 3 aliphatic heterocycles. The van der Waals surface area contributed by atoms with E-state index in [2.05, 4.69) is 13.2 Å². The molecule has 2 aromatic carbocycles. The van der Waals surface area contributed by atoms with Gasteiger partial charge in [0.2, 0.25) is 11.8 Å². The Labute approximate surface area is 235 Å². The van der Waals surface area contributed by atoms with Gasteiger partial charge in [-0.25, -0.2) is 0 Å². The van der Waals surface area contributed by atoms with Gasteiger partial charge in [-0.3, -0.25) is 14.4 Å². The highest BCUT2D eigenvalue weighted by Gasteiger charge is 2.74. The molecule has 1 spiro atoms. The highest BCUT2D eigenvalue weighted by atomic mass is 16.5. The minimum absolute atomic E-state index is 0.112. The third-order valence-electron chi connectivity index (χ3n) is 8.65. The molecule has 0 radical (unpaired) electrons. The van der Waals surface area contributed by atoms with Gasteiger partial charge in [-0.2, -0.15) is 0 Å². The predicted octanol–water partition coefficient (Wildman–Crippen LogP) is 3.54. The Kier molecular flexibility index (Phi) is 8.10. The maximum atomic E-state index is 14.6. The van der Waals surface area contributed by atoms with E-state index in [-0.39, 0.29) is 37.4 Å². The average molecular weight is 546 g/mol. The molecule has 3 saturated heterocycles. The molecule has 212 valence electrons. The van der Waals surface area contributed by atoms with Crippen LogP contribution in [0.25, 0.3) is 10.8 Å². The molecule has 0 aromatic heterocycles. The summed E-state index contributed by atoms with van der Waals surface area (Å²) in [7, 11) is 0. The number of hydrogen-bond acceptors (Lipinski definition) is 5. The van der Waals surface area contributed by atoms with Crippen LogP contribution in [0.3, 0.4) is 0 Å². The lowest BCUT2D eigenvalue weighted by atomic mass is 9.70. The SMILES string of the molecule is C=CCN(CCC)C(=O)[C@@H]1[C@H]2C(=O)N(CCCO)C(C(=O)N(CC=C)c3ccc4ccccc4c3)C23CC[C@H]1O3. The maximum absolute atomic E-state index is 14.6. The first-order valence-corrected chi connectivity index (χ1v) is 14.3. The van der Waals surface area contributed by atoms with Gasteiger partial charge in [0.1, 0.15) is 11.6 Å². The number of ether oxygens (including phenoxy) is 1. The molecule has 3 fully saturated rings. The fourth-order valence-corrected chi connectivity index (χ4v) is 7.07. The Morgan fingerprint density at radius 1 is 1.12 bits per heavy atom. The summed E-state index contributed by atoms with van der Waals surface area (Å²) in [6.45, 7) is 11.0. The van der Waals surface area contributed by atoms with Gasteiger partial charge < -0.3 is 24.5 Å². The largest absolute Gasteiger partial charge is 0.396 e. The minimum Gasteiger partial charge on any atom is -0.396 e. The molecule has 40 heavy (non-hydrogen) atoms. The molecule has 8 nitrogen and oxygen atoms in total. The number of aliphatic hydroxyl groups is 1. The number of nitrogens with zero attached hydrogens (tertiary/aromatic N) is 3. The molecule has 3 amide bonds. The fraction of sp³-hybridized carbons (Fsp3) is 0.469. The topological polar surface area (TPSA) is 90.4 Å². The van der Waals surface area contributed by atoms with Gasteiger partial charge in [0.25, 0.3) is 5.91 Å². The van der Waals surface area contributed by atoms with E-state index in [1.165, 1.54) is 0 Å². The Morgan fingerprint density at radius 2 is 1.88 bits per heavy atom. The minimum atomic E-state index is -1.09. The van der Waals surface area contributed by atoms with Crippen molar-refractivity contribution in [1.29, 1.82) is 0 Å². The third kappa shape index (κ3) is 4.53. The number of hydrogen-bond donors (Lipinski definition) is 1. The first-order valence-electron chi connectivity index (χ1n) is 14.3. The van der Waals surface area contributed by atoms with E-state index in [1.54, 1.807) is 26.9 Å². The molecule has 5 atom stereocenters. The second-order valence-electron chi connectivity index (χ2n) is 11.0. The van der Waals surface area contributed by atoms with E-state index in [4.69, 9.17) is 4.74 Å². The number of anilines is 1. The summed E-state index contributed by atoms with van der Waals surface area (Å²) >= 11 is 0. The lowest BCUT2D eigenvalue weighted by Gasteiger charge is -2.37. The predicted molar refractivity (Wildman–Crippen MR) is 155 cm³/mol. The maximum Gasteiger partial charge on any atom is 0.253 e. The summed E-state index contributed by atoms with van der Waals surface area (Å²) in [4.78, 5) is 47.5. The number of amides is 3. The number of carbonyl (C=O) groups is 3. The van der Waals surface area contributed by atoms with Crippen LogP contribution in [0, 0.1) is 11.8 Å². The smallest absolute Gasteiger partial charge is 0.253 e. The zero-order valence-corrected chi connectivity index (χ0v) is 23.2. The molecular formula is C32H39N3O5. The van der Waals surface area contributed by atoms with Crippen LogP contribution in [0.4, 0.5) is 5.69 Å². The van der Waals surface area contributed by atoms with E-state index >= 15 is 0 Å². The number of rotatable bonds is 12. The summed E-state index contributed by atoms with van der Waals surface area (Å²) in [5, 5.41) is 11.7. The van der Waals surface area contributed by atoms with Crippen molar-refractivity contribution in [2.75, 3.05) is 37.7 Å². The normalized spacial score (nSPS) is 26.6. The van der Waals surface area contributed by atoms with Crippen LogP contribution in [0.15, 0.2) is 67.8 Å². The summed E-state index contributed by atoms with van der Waals surface area (Å²) < 4.78 is 6.60. The zero-order chi connectivity index (χ0) is 28.4. The second kappa shape index (κ2) is 11.6. The first kappa shape index (κ1) is 28.1. The lowest BCUT2D eigenvalue weighted by Crippen LogP contribution is -2.56. The summed E-state index contributed by atoms with van der Waals surface area (Å²) in [5.41, 5.74) is -0.380. The first-order chi connectivity index (χ1) is 19.4. The van der Waals surface area contributed by atoms with E-state index in [0.29, 0.717) is 38.0 Å². The van der Waals surface area contributed by atoms with Crippen molar-refractivity contribution in [1.82, 2.24) is 9.80 Å². The van der Waals surface area contributed by atoms with Crippen LogP contribution in [-0.4, -0.2) is 83.2 Å². The molecular weight excluding hydrogens is 506 g/mol. The summed E-state index contributed by atoms with van der Waals surface area (Å²) in [5.74, 6) is -1.98. The number of likely N-dealkylation sites (tertiary alicyclic amines) is 1. The molecule has 2 aromatic rings. The van der Waals surface area contributed by atoms with Crippen LogP contribution >= 0.6 is 0 Å². The molecule has 0 aliphatic carbocycles. The fourth-order valence-electron chi connectivity index (χ4n) is 7.07.